The van der Waals surface area contributed by atoms with Gasteiger partial charge in [0.15, 0.2) is 0 Å². The van der Waals surface area contributed by atoms with Crippen LogP contribution in [0.15, 0.2) is 0 Å². The van der Waals surface area contributed by atoms with Crippen molar-refractivity contribution in [2.24, 2.45) is 0 Å². The van der Waals surface area contributed by atoms with Crippen molar-refractivity contribution in [1.82, 2.24) is 0 Å². The Morgan fingerprint density at radius 3 is 1.29 bits per heavy atom. The summed E-state index contributed by atoms with van der Waals surface area (Å²) in [5.74, 6) is 0. The first kappa shape index (κ1) is 42.6. The van der Waals surface area contributed by atoms with E-state index < -0.39 is 0 Å². The van der Waals surface area contributed by atoms with Gasteiger partial charge in [-0.1, -0.05) is 6.92 Å². The molecule has 0 aliphatic carbocycles. The molecule has 45 valence electrons. The molecule has 0 aromatic carbocycles. The van der Waals surface area contributed by atoms with Crippen LogP contribution in [0.25, 0.3) is 0 Å². The van der Waals surface area contributed by atoms with E-state index in [1.807, 2.05) is 0 Å². The minimum absolute atomic E-state index is 0. The molecule has 0 spiro atoms. The fraction of sp³-hybridized carbons (Fsp3) is 1.00. The molecule has 0 rings (SSSR count). The Morgan fingerprint density at radius 1 is 1.29 bits per heavy atom. The van der Waals surface area contributed by atoms with Crippen molar-refractivity contribution in [2.75, 3.05) is 6.61 Å². The molecule has 1 N–H and O–H groups in total. The van der Waals surface area contributed by atoms with Crippen LogP contribution in [0.4, 0.5) is 0 Å². The summed E-state index contributed by atoms with van der Waals surface area (Å²) in [4.78, 5) is 0. The molecule has 0 aromatic heterocycles. The van der Waals surface area contributed by atoms with Gasteiger partial charge in [0.25, 0.3) is 0 Å². The molecule has 1 radical (unpaired) electrons. The fourth-order valence-corrected chi connectivity index (χ4v) is 0. The smallest absolute Gasteiger partial charge is 1.00 e. The van der Waals surface area contributed by atoms with Crippen molar-refractivity contribution in [3.8, 4) is 0 Å². The molecule has 0 aromatic rings. The van der Waals surface area contributed by atoms with Crippen molar-refractivity contribution >= 4 is 0 Å². The van der Waals surface area contributed by atoms with Gasteiger partial charge in [-0.3, -0.25) is 0 Å². The van der Waals surface area contributed by atoms with Gasteiger partial charge >= 0.3 is 18.6 Å². The summed E-state index contributed by atoms with van der Waals surface area (Å²) >= 11 is 0. The Bertz CT molecular complexity index is 13.7. The van der Waals surface area contributed by atoms with Gasteiger partial charge in [-0.05, 0) is 0 Å². The largest absolute Gasteiger partial charge is 4.00 e. The van der Waals surface area contributed by atoms with E-state index in [1.54, 1.807) is 6.92 Å². The Labute approximate surface area is 67.7 Å². The Balaban J connectivity index is -0.00000000333. The van der Waals surface area contributed by atoms with Gasteiger partial charge in [0, 0.05) is 0 Å². The minimum Gasteiger partial charge on any atom is -1.00 e. The summed E-state index contributed by atoms with van der Waals surface area (Å²) < 4.78 is 0. The van der Waals surface area contributed by atoms with E-state index in [0.717, 1.165) is 0 Å². The molecule has 0 atom stereocenters. The zero-order valence-corrected chi connectivity index (χ0v) is 6.67. The van der Waals surface area contributed by atoms with Crippen molar-refractivity contribution in [3.05, 3.63) is 0 Å². The average Bonchev–Trinajstić information content (AvgIpc) is 0.918. The third-order valence-electron chi connectivity index (χ3n) is 0. The zero-order chi connectivity index (χ0) is 2.71. The topological polar surface area (TPSA) is 53.1 Å². The molecule has 0 bridgehead atoms. The van der Waals surface area contributed by atoms with Gasteiger partial charge in [-0.2, -0.15) is 0 Å². The zero-order valence-electron chi connectivity index (χ0n) is 3.77. The van der Waals surface area contributed by atoms with Crippen LogP contribution in [0.5, 0.6) is 0 Å². The van der Waals surface area contributed by atoms with Crippen LogP contribution in [-0.2, 0) is 18.6 Å². The molecular formula is C2H6Cl2O2V. The van der Waals surface area contributed by atoms with E-state index in [0.29, 0.717) is 0 Å². The molecule has 0 aliphatic heterocycles. The van der Waals surface area contributed by atoms with Crippen LogP contribution in [0.2, 0.25) is 0 Å². The van der Waals surface area contributed by atoms with Crippen molar-refractivity contribution in [1.29, 1.82) is 0 Å². The summed E-state index contributed by atoms with van der Waals surface area (Å²) in [6.45, 7) is 1.57. The van der Waals surface area contributed by atoms with Crippen molar-refractivity contribution in [3.63, 3.8) is 0 Å². The van der Waals surface area contributed by atoms with Crippen LogP contribution in [0, 0.1) is 0 Å². The van der Waals surface area contributed by atoms with Gasteiger partial charge in [0.2, 0.25) is 0 Å². The maximum absolute atomic E-state index is 8.93. The Morgan fingerprint density at radius 2 is 1.29 bits per heavy atom. The van der Waals surface area contributed by atoms with Crippen molar-refractivity contribution < 1.29 is 54.0 Å². The van der Waals surface area contributed by atoms with E-state index in [2.05, 4.69) is 0 Å². The van der Waals surface area contributed by atoms with Gasteiger partial charge < -0.3 is 35.4 Å². The number of rotatable bonds is 0. The van der Waals surface area contributed by atoms with Crippen LogP contribution < -0.4 is 29.9 Å². The summed E-state index contributed by atoms with van der Waals surface area (Å²) in [6, 6.07) is 0. The van der Waals surface area contributed by atoms with E-state index in [4.69, 9.17) is 5.11 Å². The first-order valence-electron chi connectivity index (χ1n) is 0.996. The number of hydrogen-bond donors (Lipinski definition) is 0. The summed E-state index contributed by atoms with van der Waals surface area (Å²) in [6.07, 6.45) is 0. The SMILES string of the molecule is CC[O-].[Cl-].[Cl-].[OH-].[V+4]. The molecule has 0 fully saturated rings. The van der Waals surface area contributed by atoms with Crippen LogP contribution in [-0.4, -0.2) is 12.1 Å². The molecular weight excluding hydrogens is 178 g/mol. The molecule has 0 saturated carbocycles. The van der Waals surface area contributed by atoms with E-state index in [1.165, 1.54) is 0 Å². The minimum atomic E-state index is 0. The third kappa shape index (κ3) is 156. The maximum atomic E-state index is 8.93. The fourth-order valence-electron chi connectivity index (χ4n) is 0. The summed E-state index contributed by atoms with van der Waals surface area (Å²) in [5, 5.41) is 8.93. The normalized spacial score (nSPS) is 2.57. The van der Waals surface area contributed by atoms with Gasteiger partial charge in [-0.15, -0.1) is 6.61 Å². The maximum Gasteiger partial charge on any atom is 4.00 e. The second-order valence-corrected chi connectivity index (χ2v) is 0.289. The van der Waals surface area contributed by atoms with E-state index in [9.17, 15) is 0 Å². The monoisotopic (exact) mass is 183 g/mol. The standard InChI is InChI=1S/C2H5O.2ClH.H2O.V/c1-2-3;;;;/h2H2,1H3;2*1H;1H2;/q-1;;;;+4/p-3. The van der Waals surface area contributed by atoms with Gasteiger partial charge in [0.05, 0.1) is 0 Å². The quantitative estimate of drug-likeness (QED) is 0.375. The second kappa shape index (κ2) is 60.4. The average molecular weight is 184 g/mol. The third-order valence-corrected chi connectivity index (χ3v) is 0. The van der Waals surface area contributed by atoms with Crippen LogP contribution in [0.3, 0.4) is 0 Å². The molecule has 2 nitrogen and oxygen atoms in total. The Hall–Kier alpha value is 1.08. The predicted octanol–water partition coefficient (Wildman–Crippen LogP) is -6.80. The molecule has 0 saturated heterocycles. The van der Waals surface area contributed by atoms with E-state index >= 15 is 0 Å². The summed E-state index contributed by atoms with van der Waals surface area (Å²) in [7, 11) is 0. The van der Waals surface area contributed by atoms with Crippen LogP contribution in [0.1, 0.15) is 6.92 Å². The van der Waals surface area contributed by atoms with Crippen LogP contribution >= 0.6 is 0 Å². The first-order valence-corrected chi connectivity index (χ1v) is 0.996. The van der Waals surface area contributed by atoms with Gasteiger partial charge in [0.1, 0.15) is 0 Å². The molecule has 7 heavy (non-hydrogen) atoms. The van der Waals surface area contributed by atoms with Crippen molar-refractivity contribution in [2.45, 2.75) is 6.92 Å². The number of hydrogen-bond acceptors (Lipinski definition) is 2. The summed E-state index contributed by atoms with van der Waals surface area (Å²) in [5.41, 5.74) is 0. The predicted molar refractivity (Wildman–Crippen MR) is 12.5 cm³/mol. The molecule has 0 amide bonds. The van der Waals surface area contributed by atoms with Gasteiger partial charge in [-0.25, -0.2) is 0 Å². The molecule has 0 aliphatic rings. The molecule has 0 heterocycles. The van der Waals surface area contributed by atoms with E-state index in [-0.39, 0.29) is 55.5 Å². The Kier molecular flexibility index (Phi) is 368. The first-order chi connectivity index (χ1) is 1.41. The number of halogens is 2. The molecule has 5 heteroatoms. The molecule has 0 unspecified atom stereocenters. The second-order valence-electron chi connectivity index (χ2n) is 0.289.